The van der Waals surface area contributed by atoms with Crippen molar-refractivity contribution in [2.24, 2.45) is 0 Å². The highest BCUT2D eigenvalue weighted by molar-refractivity contribution is 5.88. The highest BCUT2D eigenvalue weighted by Gasteiger charge is 2.83. The van der Waals surface area contributed by atoms with E-state index in [2.05, 4.69) is 4.74 Å². The van der Waals surface area contributed by atoms with E-state index in [-0.39, 0.29) is 0 Å². The van der Waals surface area contributed by atoms with Gasteiger partial charge in [-0.1, -0.05) is 0 Å². The second-order valence-electron chi connectivity index (χ2n) is 4.43. The van der Waals surface area contributed by atoms with Crippen molar-refractivity contribution >= 4 is 5.97 Å². The minimum absolute atomic E-state index is 0.444. The van der Waals surface area contributed by atoms with E-state index in [1.807, 2.05) is 0 Å². The smallest absolute Gasteiger partial charge is 0.471 e. The molecule has 0 saturated carbocycles. The van der Waals surface area contributed by atoms with Crippen molar-refractivity contribution in [3.63, 3.8) is 0 Å². The first-order valence-corrected chi connectivity index (χ1v) is 5.68. The zero-order valence-corrected chi connectivity index (χ0v) is 11.4. The van der Waals surface area contributed by atoms with Crippen molar-refractivity contribution in [2.75, 3.05) is 0 Å². The standard InChI is InChI=1S/C11H2F12O3/c12-3-1-2(7(24)25)4(13)6(5(3)14)26-11(22,23)9(17,18)8(15,16)10(19,20)21/h1H,(H,24,25). The van der Waals surface area contributed by atoms with Crippen molar-refractivity contribution in [3.05, 3.63) is 29.1 Å². The minimum Gasteiger partial charge on any atom is -0.478 e. The lowest BCUT2D eigenvalue weighted by atomic mass is 10.1. The van der Waals surface area contributed by atoms with Gasteiger partial charge in [0.25, 0.3) is 0 Å². The Morgan fingerprint density at radius 3 is 1.69 bits per heavy atom. The Hall–Kier alpha value is -2.35. The summed E-state index contributed by atoms with van der Waals surface area (Å²) in [5, 5.41) is 8.41. The number of hydrogen-bond donors (Lipinski definition) is 1. The van der Waals surface area contributed by atoms with E-state index in [0.717, 1.165) is 0 Å². The van der Waals surface area contributed by atoms with Crippen LogP contribution in [0.25, 0.3) is 0 Å². The van der Waals surface area contributed by atoms with Gasteiger partial charge in [-0.2, -0.15) is 43.9 Å². The normalized spacial score (nSPS) is 13.7. The Morgan fingerprint density at radius 2 is 1.31 bits per heavy atom. The maximum atomic E-state index is 13.5. The summed E-state index contributed by atoms with van der Waals surface area (Å²) in [6.45, 7) is 0. The predicted molar refractivity (Wildman–Crippen MR) is 54.8 cm³/mol. The zero-order chi connectivity index (χ0) is 20.9. The van der Waals surface area contributed by atoms with Gasteiger partial charge in [0.15, 0.2) is 11.6 Å². The van der Waals surface area contributed by atoms with Crippen LogP contribution in [0.15, 0.2) is 6.07 Å². The Labute approximate surface area is 133 Å². The third-order valence-corrected chi connectivity index (χ3v) is 2.69. The number of rotatable bonds is 5. The van der Waals surface area contributed by atoms with E-state index < -0.39 is 64.9 Å². The van der Waals surface area contributed by atoms with Gasteiger partial charge in [0.2, 0.25) is 11.6 Å². The van der Waals surface area contributed by atoms with E-state index in [9.17, 15) is 57.5 Å². The molecule has 0 aliphatic carbocycles. The fraction of sp³-hybridized carbons (Fsp3) is 0.364. The fourth-order valence-electron chi connectivity index (χ4n) is 1.38. The van der Waals surface area contributed by atoms with Gasteiger partial charge < -0.3 is 9.84 Å². The first-order chi connectivity index (χ1) is 11.4. The molecule has 0 heterocycles. The number of hydrogen-bond acceptors (Lipinski definition) is 2. The summed E-state index contributed by atoms with van der Waals surface area (Å²) in [5.41, 5.74) is -1.96. The molecule has 1 aromatic rings. The van der Waals surface area contributed by atoms with Crippen LogP contribution in [0.1, 0.15) is 10.4 Å². The molecule has 0 aliphatic rings. The summed E-state index contributed by atoms with van der Waals surface area (Å²) in [4.78, 5) is 10.5. The second-order valence-corrected chi connectivity index (χ2v) is 4.43. The first kappa shape index (κ1) is 21.7. The van der Waals surface area contributed by atoms with E-state index in [1.54, 1.807) is 0 Å². The minimum atomic E-state index is -7.45. The SMILES string of the molecule is O=C(O)c1cc(F)c(F)c(OC(F)(F)C(F)(F)C(F)(F)C(F)(F)F)c1F. The zero-order valence-electron chi connectivity index (χ0n) is 11.4. The van der Waals surface area contributed by atoms with Gasteiger partial charge in [-0.25, -0.2) is 13.6 Å². The molecular formula is C11H2F12O3. The van der Waals surface area contributed by atoms with Crippen LogP contribution < -0.4 is 4.74 Å². The summed E-state index contributed by atoms with van der Waals surface area (Å²) in [6, 6.07) is -0.444. The Kier molecular flexibility index (Phi) is 5.11. The largest absolute Gasteiger partial charge is 0.478 e. The molecule has 1 N–H and O–H groups in total. The van der Waals surface area contributed by atoms with Crippen LogP contribution in [-0.2, 0) is 0 Å². The van der Waals surface area contributed by atoms with Crippen LogP contribution in [0.3, 0.4) is 0 Å². The lowest BCUT2D eigenvalue weighted by Gasteiger charge is -2.33. The average molecular weight is 410 g/mol. The molecule has 0 fully saturated rings. The molecule has 1 aromatic carbocycles. The molecule has 3 nitrogen and oxygen atoms in total. The van der Waals surface area contributed by atoms with Crippen LogP contribution in [-0.4, -0.2) is 35.2 Å². The lowest BCUT2D eigenvalue weighted by Crippen LogP contribution is -2.62. The van der Waals surface area contributed by atoms with Crippen molar-refractivity contribution in [1.82, 2.24) is 0 Å². The number of carboxylic acids is 1. The average Bonchev–Trinajstić information content (AvgIpc) is 2.45. The molecule has 26 heavy (non-hydrogen) atoms. The van der Waals surface area contributed by atoms with E-state index >= 15 is 0 Å². The van der Waals surface area contributed by atoms with Crippen LogP contribution in [0.5, 0.6) is 5.75 Å². The molecule has 0 aliphatic heterocycles. The molecule has 0 radical (unpaired) electrons. The Balaban J connectivity index is 3.53. The molecule has 15 heteroatoms. The molecule has 0 aromatic heterocycles. The Morgan fingerprint density at radius 1 is 0.846 bits per heavy atom. The van der Waals surface area contributed by atoms with Gasteiger partial charge in [-0.05, 0) is 6.07 Å². The molecule has 148 valence electrons. The highest BCUT2D eigenvalue weighted by atomic mass is 19.4. The second kappa shape index (κ2) is 6.12. The summed E-state index contributed by atoms with van der Waals surface area (Å²) < 4.78 is 156. The lowest BCUT2D eigenvalue weighted by molar-refractivity contribution is -0.429. The van der Waals surface area contributed by atoms with Crippen LogP contribution in [0, 0.1) is 17.5 Å². The Bertz CT molecular complexity index is 724. The summed E-state index contributed by atoms with van der Waals surface area (Å²) >= 11 is 0. The number of halogens is 12. The summed E-state index contributed by atoms with van der Waals surface area (Å²) in [5.74, 6) is -28.4. The number of carbonyl (C=O) groups is 1. The van der Waals surface area contributed by atoms with Gasteiger partial charge in [-0.15, -0.1) is 0 Å². The van der Waals surface area contributed by atoms with E-state index in [1.165, 1.54) is 0 Å². The van der Waals surface area contributed by atoms with E-state index in [4.69, 9.17) is 5.11 Å². The third kappa shape index (κ3) is 3.21. The van der Waals surface area contributed by atoms with E-state index in [0.29, 0.717) is 0 Å². The van der Waals surface area contributed by atoms with Gasteiger partial charge in [-0.3, -0.25) is 0 Å². The van der Waals surface area contributed by atoms with Gasteiger partial charge in [0, 0.05) is 0 Å². The summed E-state index contributed by atoms with van der Waals surface area (Å²) in [6.07, 6.45) is -14.2. The fourth-order valence-corrected chi connectivity index (χ4v) is 1.38. The molecular weight excluding hydrogens is 408 g/mol. The maximum Gasteiger partial charge on any atom is 0.471 e. The van der Waals surface area contributed by atoms with Gasteiger partial charge in [0.05, 0.1) is 0 Å². The number of ether oxygens (including phenoxy) is 1. The molecule has 0 bridgehead atoms. The van der Waals surface area contributed by atoms with Crippen molar-refractivity contribution in [1.29, 1.82) is 0 Å². The monoisotopic (exact) mass is 410 g/mol. The molecule has 0 saturated heterocycles. The quantitative estimate of drug-likeness (QED) is 0.570. The topological polar surface area (TPSA) is 46.5 Å². The van der Waals surface area contributed by atoms with Gasteiger partial charge in [0.1, 0.15) is 5.56 Å². The highest BCUT2D eigenvalue weighted by Crippen LogP contribution is 2.53. The predicted octanol–water partition coefficient (Wildman–Crippen LogP) is 4.61. The number of aromatic carboxylic acids is 1. The number of alkyl halides is 9. The van der Waals surface area contributed by atoms with Crippen molar-refractivity contribution in [2.45, 2.75) is 24.1 Å². The van der Waals surface area contributed by atoms with Crippen LogP contribution in [0.4, 0.5) is 52.7 Å². The van der Waals surface area contributed by atoms with Crippen LogP contribution >= 0.6 is 0 Å². The van der Waals surface area contributed by atoms with Crippen molar-refractivity contribution < 1.29 is 67.3 Å². The van der Waals surface area contributed by atoms with Gasteiger partial charge >= 0.3 is 30.1 Å². The first-order valence-electron chi connectivity index (χ1n) is 5.68. The number of carboxylic acid groups (broad SMARTS) is 1. The molecule has 0 amide bonds. The van der Waals surface area contributed by atoms with Crippen LogP contribution in [0.2, 0.25) is 0 Å². The van der Waals surface area contributed by atoms with Crippen molar-refractivity contribution in [3.8, 4) is 5.75 Å². The molecule has 0 spiro atoms. The molecule has 0 atom stereocenters. The molecule has 0 unspecified atom stereocenters. The summed E-state index contributed by atoms with van der Waals surface area (Å²) in [7, 11) is 0. The maximum absolute atomic E-state index is 13.5. The molecule has 1 rings (SSSR count). The third-order valence-electron chi connectivity index (χ3n) is 2.69. The number of benzene rings is 1.